The molecule has 0 saturated carbocycles. The molecular formula is C12H14N2O4. The number of anilines is 1. The van der Waals surface area contributed by atoms with Crippen LogP contribution in [0.3, 0.4) is 0 Å². The zero-order valence-electron chi connectivity index (χ0n) is 9.78. The van der Waals surface area contributed by atoms with Crippen molar-refractivity contribution in [3.63, 3.8) is 0 Å². The Balaban J connectivity index is 2.21. The lowest BCUT2D eigenvalue weighted by Gasteiger charge is -2.25. The van der Waals surface area contributed by atoms with Gasteiger partial charge in [-0.25, -0.2) is 0 Å². The van der Waals surface area contributed by atoms with Gasteiger partial charge in [0.2, 0.25) is 0 Å². The summed E-state index contributed by atoms with van der Waals surface area (Å²) in [4.78, 5) is 23.0. The summed E-state index contributed by atoms with van der Waals surface area (Å²) in [6.07, 6.45) is 1.80. The van der Waals surface area contributed by atoms with E-state index in [0.29, 0.717) is 0 Å². The zero-order valence-corrected chi connectivity index (χ0v) is 9.78. The van der Waals surface area contributed by atoms with Crippen LogP contribution in [-0.2, 0) is 4.79 Å². The SMILES string of the molecule is O=C(O)CC1CCCN1c1cccc([N+](=O)[O-])c1. The maximum atomic E-state index is 10.8. The van der Waals surface area contributed by atoms with Crippen molar-refractivity contribution in [1.29, 1.82) is 0 Å². The summed E-state index contributed by atoms with van der Waals surface area (Å²) >= 11 is 0. The van der Waals surface area contributed by atoms with Crippen LogP contribution in [-0.4, -0.2) is 28.6 Å². The van der Waals surface area contributed by atoms with E-state index >= 15 is 0 Å². The molecule has 1 unspecified atom stereocenters. The molecule has 0 aromatic heterocycles. The summed E-state index contributed by atoms with van der Waals surface area (Å²) in [6.45, 7) is 0.749. The second-order valence-corrected chi connectivity index (χ2v) is 4.36. The molecule has 6 heteroatoms. The van der Waals surface area contributed by atoms with Gasteiger partial charge in [0, 0.05) is 30.4 Å². The predicted molar refractivity (Wildman–Crippen MR) is 65.7 cm³/mol. The lowest BCUT2D eigenvalue weighted by atomic mass is 10.1. The van der Waals surface area contributed by atoms with Crippen LogP contribution in [0.2, 0.25) is 0 Å². The number of non-ortho nitro benzene ring substituents is 1. The Hall–Kier alpha value is -2.11. The van der Waals surface area contributed by atoms with Crippen LogP contribution in [0, 0.1) is 10.1 Å². The third-order valence-electron chi connectivity index (χ3n) is 3.16. The molecule has 0 aliphatic carbocycles. The summed E-state index contributed by atoms with van der Waals surface area (Å²) < 4.78 is 0. The molecule has 6 nitrogen and oxygen atoms in total. The number of rotatable bonds is 4. The van der Waals surface area contributed by atoms with Crippen LogP contribution in [0.1, 0.15) is 19.3 Å². The zero-order chi connectivity index (χ0) is 13.1. The van der Waals surface area contributed by atoms with E-state index in [2.05, 4.69) is 0 Å². The summed E-state index contributed by atoms with van der Waals surface area (Å²) in [5.74, 6) is -0.836. The van der Waals surface area contributed by atoms with E-state index in [9.17, 15) is 14.9 Å². The van der Waals surface area contributed by atoms with E-state index in [-0.39, 0.29) is 18.2 Å². The largest absolute Gasteiger partial charge is 0.481 e. The molecule has 0 radical (unpaired) electrons. The van der Waals surface area contributed by atoms with E-state index in [1.54, 1.807) is 12.1 Å². The van der Waals surface area contributed by atoms with Gasteiger partial charge in [0.05, 0.1) is 11.3 Å². The van der Waals surface area contributed by atoms with Gasteiger partial charge in [-0.05, 0) is 18.9 Å². The van der Waals surface area contributed by atoms with Crippen molar-refractivity contribution in [3.8, 4) is 0 Å². The third kappa shape index (κ3) is 2.58. The van der Waals surface area contributed by atoms with Gasteiger partial charge in [-0.15, -0.1) is 0 Å². The first-order valence-electron chi connectivity index (χ1n) is 5.81. The van der Waals surface area contributed by atoms with E-state index in [0.717, 1.165) is 25.1 Å². The topological polar surface area (TPSA) is 83.7 Å². The van der Waals surface area contributed by atoms with Gasteiger partial charge in [0.1, 0.15) is 0 Å². The van der Waals surface area contributed by atoms with Crippen molar-refractivity contribution in [2.45, 2.75) is 25.3 Å². The average molecular weight is 250 g/mol. The summed E-state index contributed by atoms with van der Waals surface area (Å²) in [5.41, 5.74) is 0.765. The first-order chi connectivity index (χ1) is 8.58. The highest BCUT2D eigenvalue weighted by Crippen LogP contribution is 2.29. The molecule has 1 fully saturated rings. The fraction of sp³-hybridized carbons (Fsp3) is 0.417. The van der Waals surface area contributed by atoms with Crippen molar-refractivity contribution in [2.24, 2.45) is 0 Å². The monoisotopic (exact) mass is 250 g/mol. The number of aliphatic carboxylic acids is 1. The predicted octanol–water partition coefficient (Wildman–Crippen LogP) is 2.04. The number of benzene rings is 1. The van der Waals surface area contributed by atoms with E-state index in [1.807, 2.05) is 4.90 Å². The minimum Gasteiger partial charge on any atom is -0.481 e. The molecule has 96 valence electrons. The molecule has 0 amide bonds. The Morgan fingerprint density at radius 3 is 3.00 bits per heavy atom. The summed E-state index contributed by atoms with van der Waals surface area (Å²) in [7, 11) is 0. The van der Waals surface area contributed by atoms with Crippen molar-refractivity contribution < 1.29 is 14.8 Å². The molecule has 1 heterocycles. The van der Waals surface area contributed by atoms with Crippen LogP contribution >= 0.6 is 0 Å². The summed E-state index contributed by atoms with van der Waals surface area (Å²) in [6, 6.07) is 6.28. The molecular weight excluding hydrogens is 236 g/mol. The van der Waals surface area contributed by atoms with Crippen LogP contribution in [0.5, 0.6) is 0 Å². The quantitative estimate of drug-likeness (QED) is 0.653. The van der Waals surface area contributed by atoms with Crippen LogP contribution < -0.4 is 4.90 Å². The Morgan fingerprint density at radius 1 is 1.56 bits per heavy atom. The van der Waals surface area contributed by atoms with Gasteiger partial charge in [0.25, 0.3) is 5.69 Å². The van der Waals surface area contributed by atoms with Crippen LogP contribution in [0.4, 0.5) is 11.4 Å². The van der Waals surface area contributed by atoms with Gasteiger partial charge >= 0.3 is 5.97 Å². The van der Waals surface area contributed by atoms with Crippen molar-refractivity contribution >= 4 is 17.3 Å². The van der Waals surface area contributed by atoms with E-state index < -0.39 is 10.9 Å². The molecule has 1 aromatic carbocycles. The Bertz CT molecular complexity index is 475. The van der Waals surface area contributed by atoms with E-state index in [4.69, 9.17) is 5.11 Å². The standard InChI is InChI=1S/C12H14N2O4/c15-12(16)8-10-5-2-6-13(10)9-3-1-4-11(7-9)14(17)18/h1,3-4,7,10H,2,5-6,8H2,(H,15,16). The molecule has 0 bridgehead atoms. The number of nitrogens with zero attached hydrogens (tertiary/aromatic N) is 2. The number of carbonyl (C=O) groups is 1. The number of nitro groups is 1. The van der Waals surface area contributed by atoms with Crippen LogP contribution in [0.15, 0.2) is 24.3 Å². The number of hydrogen-bond acceptors (Lipinski definition) is 4. The van der Waals surface area contributed by atoms with Gasteiger partial charge in [-0.1, -0.05) is 6.07 Å². The second kappa shape index (κ2) is 5.03. The molecule has 1 aliphatic heterocycles. The molecule has 1 N–H and O–H groups in total. The number of carboxylic acid groups (broad SMARTS) is 1. The third-order valence-corrected chi connectivity index (χ3v) is 3.16. The molecule has 1 atom stereocenters. The highest BCUT2D eigenvalue weighted by molar-refractivity contribution is 5.69. The van der Waals surface area contributed by atoms with Gasteiger partial charge in [-0.2, -0.15) is 0 Å². The fourth-order valence-electron chi connectivity index (χ4n) is 2.37. The summed E-state index contributed by atoms with van der Waals surface area (Å²) in [5, 5.41) is 19.6. The van der Waals surface area contributed by atoms with Crippen molar-refractivity contribution in [1.82, 2.24) is 0 Å². The number of carboxylic acids is 1. The molecule has 18 heavy (non-hydrogen) atoms. The molecule has 0 spiro atoms. The highest BCUT2D eigenvalue weighted by atomic mass is 16.6. The Morgan fingerprint density at radius 2 is 2.33 bits per heavy atom. The first kappa shape index (κ1) is 12.3. The first-order valence-corrected chi connectivity index (χ1v) is 5.81. The normalized spacial score (nSPS) is 18.9. The maximum absolute atomic E-state index is 10.8. The van der Waals surface area contributed by atoms with Crippen LogP contribution in [0.25, 0.3) is 0 Å². The van der Waals surface area contributed by atoms with Crippen molar-refractivity contribution in [2.75, 3.05) is 11.4 Å². The number of nitro benzene ring substituents is 1. The average Bonchev–Trinajstić information content (AvgIpc) is 2.76. The van der Waals surface area contributed by atoms with Crippen molar-refractivity contribution in [3.05, 3.63) is 34.4 Å². The lowest BCUT2D eigenvalue weighted by Crippen LogP contribution is -2.31. The Labute approximate surface area is 104 Å². The highest BCUT2D eigenvalue weighted by Gasteiger charge is 2.27. The minimum absolute atomic E-state index is 0.0356. The van der Waals surface area contributed by atoms with Gasteiger partial charge < -0.3 is 10.0 Å². The number of hydrogen-bond donors (Lipinski definition) is 1. The fourth-order valence-corrected chi connectivity index (χ4v) is 2.37. The molecule has 1 aromatic rings. The molecule has 1 saturated heterocycles. The second-order valence-electron chi connectivity index (χ2n) is 4.36. The smallest absolute Gasteiger partial charge is 0.305 e. The van der Waals surface area contributed by atoms with Gasteiger partial charge in [-0.3, -0.25) is 14.9 Å². The van der Waals surface area contributed by atoms with E-state index in [1.165, 1.54) is 12.1 Å². The molecule has 1 aliphatic rings. The van der Waals surface area contributed by atoms with Gasteiger partial charge in [0.15, 0.2) is 0 Å². The lowest BCUT2D eigenvalue weighted by molar-refractivity contribution is -0.384. The minimum atomic E-state index is -0.836. The Kier molecular flexibility index (Phi) is 3.45. The molecule has 2 rings (SSSR count). The maximum Gasteiger partial charge on any atom is 0.305 e.